The zero-order valence-corrected chi connectivity index (χ0v) is 16.9. The number of hydrogen-bond donors (Lipinski definition) is 0. The number of carbonyl (C=O) groups is 1. The highest BCUT2D eigenvalue weighted by atomic mass is 16.2. The maximum atomic E-state index is 12.8. The Bertz CT molecular complexity index is 1000. The second-order valence-electron chi connectivity index (χ2n) is 7.65. The van der Waals surface area contributed by atoms with Crippen LogP contribution in [0.4, 0.5) is 0 Å². The lowest BCUT2D eigenvalue weighted by molar-refractivity contribution is -0.133. The lowest BCUT2D eigenvalue weighted by atomic mass is 10.2. The molecule has 0 radical (unpaired) electrons. The molecule has 3 heterocycles. The number of benzene rings is 1. The second kappa shape index (κ2) is 8.57. The van der Waals surface area contributed by atoms with Crippen molar-refractivity contribution in [3.8, 4) is 11.5 Å². The average Bonchev–Trinajstić information content (AvgIpc) is 3.11. The Labute approximate surface area is 171 Å². The molecule has 2 aromatic heterocycles. The number of imidazole rings is 1. The van der Waals surface area contributed by atoms with Crippen molar-refractivity contribution >= 4 is 16.9 Å². The van der Waals surface area contributed by atoms with Gasteiger partial charge in [-0.05, 0) is 31.2 Å². The van der Waals surface area contributed by atoms with Crippen LogP contribution in [0.2, 0.25) is 0 Å². The molecule has 0 bridgehead atoms. The summed E-state index contributed by atoms with van der Waals surface area (Å²) in [7, 11) is 0. The maximum absolute atomic E-state index is 12.8. The topological polar surface area (TPSA) is 54.3 Å². The predicted octanol–water partition coefficient (Wildman–Crippen LogP) is 3.21. The molecule has 3 aromatic rings. The summed E-state index contributed by atoms with van der Waals surface area (Å²) < 4.78 is 2.12. The Balaban J connectivity index is 1.47. The van der Waals surface area contributed by atoms with Crippen molar-refractivity contribution < 1.29 is 4.79 Å². The van der Waals surface area contributed by atoms with Crippen LogP contribution in [0, 0.1) is 0 Å². The van der Waals surface area contributed by atoms with Crippen molar-refractivity contribution in [2.75, 3.05) is 32.7 Å². The third kappa shape index (κ3) is 4.38. The molecule has 0 atom stereocenters. The molecule has 150 valence electrons. The normalized spacial score (nSPS) is 15.0. The van der Waals surface area contributed by atoms with Crippen LogP contribution in [0.1, 0.15) is 13.3 Å². The van der Waals surface area contributed by atoms with Crippen LogP contribution in [0.5, 0.6) is 0 Å². The third-order valence-corrected chi connectivity index (χ3v) is 5.32. The average molecular weight is 390 g/mol. The first-order valence-electron chi connectivity index (χ1n) is 10.1. The van der Waals surface area contributed by atoms with Crippen molar-refractivity contribution in [3.63, 3.8) is 0 Å². The summed E-state index contributed by atoms with van der Waals surface area (Å²) in [5.74, 6) is 1.01. The first-order valence-corrected chi connectivity index (χ1v) is 10.1. The molecule has 1 aliphatic rings. The van der Waals surface area contributed by atoms with E-state index in [0.29, 0.717) is 13.0 Å². The molecule has 4 rings (SSSR count). The van der Waals surface area contributed by atoms with Gasteiger partial charge in [-0.15, -0.1) is 0 Å². The number of hydrogen-bond acceptors (Lipinski definition) is 4. The molecule has 0 unspecified atom stereocenters. The minimum atomic E-state index is 0.199. The van der Waals surface area contributed by atoms with Gasteiger partial charge in [-0.2, -0.15) is 0 Å². The highest BCUT2D eigenvalue weighted by molar-refractivity contribution is 5.81. The van der Waals surface area contributed by atoms with E-state index in [0.717, 1.165) is 55.3 Å². The number of nitrogens with zero attached hydrogens (tertiary/aromatic N) is 5. The van der Waals surface area contributed by atoms with Gasteiger partial charge >= 0.3 is 0 Å². The van der Waals surface area contributed by atoms with Crippen LogP contribution < -0.4 is 0 Å². The van der Waals surface area contributed by atoms with Crippen LogP contribution >= 0.6 is 0 Å². The molecular formula is C23H27N5O. The second-order valence-corrected chi connectivity index (χ2v) is 7.65. The van der Waals surface area contributed by atoms with Crippen LogP contribution in [0.3, 0.4) is 0 Å². The molecule has 0 N–H and O–H groups in total. The van der Waals surface area contributed by atoms with Crippen LogP contribution in [0.15, 0.2) is 60.8 Å². The quantitative estimate of drug-likeness (QED) is 0.608. The molecule has 1 aliphatic heterocycles. The molecule has 1 amide bonds. The van der Waals surface area contributed by atoms with Gasteiger partial charge in [0.1, 0.15) is 5.69 Å². The summed E-state index contributed by atoms with van der Waals surface area (Å²) in [6.45, 7) is 10.9. The standard InChI is InChI=1S/C23H27N5O/c1-18(2)17-26-13-15-27(16-14-26)22(29)10-12-28-21-9-4-3-7-19(21)25-23(28)20-8-5-6-11-24-20/h3-9,11H,1,10,12-17H2,2H3. The van der Waals surface area contributed by atoms with Gasteiger partial charge in [0.25, 0.3) is 0 Å². The van der Waals surface area contributed by atoms with Crippen molar-refractivity contribution in [1.29, 1.82) is 0 Å². The molecule has 6 heteroatoms. The van der Waals surface area contributed by atoms with Crippen LogP contribution in [-0.2, 0) is 11.3 Å². The minimum Gasteiger partial charge on any atom is -0.340 e. The number of amides is 1. The summed E-state index contributed by atoms with van der Waals surface area (Å²) in [5.41, 5.74) is 3.95. The van der Waals surface area contributed by atoms with Gasteiger partial charge in [-0.3, -0.25) is 14.7 Å². The first kappa shape index (κ1) is 19.3. The smallest absolute Gasteiger partial charge is 0.224 e. The van der Waals surface area contributed by atoms with Gasteiger partial charge in [0.2, 0.25) is 5.91 Å². The van der Waals surface area contributed by atoms with E-state index in [2.05, 4.69) is 27.1 Å². The summed E-state index contributed by atoms with van der Waals surface area (Å²) in [4.78, 5) is 26.4. The highest BCUT2D eigenvalue weighted by Gasteiger charge is 2.21. The summed E-state index contributed by atoms with van der Waals surface area (Å²) in [5, 5.41) is 0. The third-order valence-electron chi connectivity index (χ3n) is 5.32. The monoisotopic (exact) mass is 389 g/mol. The van der Waals surface area contributed by atoms with Crippen LogP contribution in [0.25, 0.3) is 22.6 Å². The van der Waals surface area contributed by atoms with E-state index in [1.807, 2.05) is 48.2 Å². The largest absolute Gasteiger partial charge is 0.340 e. The fraction of sp³-hybridized carbons (Fsp3) is 0.348. The molecule has 1 aromatic carbocycles. The fourth-order valence-corrected chi connectivity index (χ4v) is 3.90. The van der Waals surface area contributed by atoms with Gasteiger partial charge < -0.3 is 9.47 Å². The molecule has 0 saturated carbocycles. The van der Waals surface area contributed by atoms with Crippen LogP contribution in [-0.4, -0.2) is 63.0 Å². The van der Waals surface area contributed by atoms with Gasteiger partial charge in [0.15, 0.2) is 5.82 Å². The number of rotatable bonds is 6. The number of carbonyl (C=O) groups excluding carboxylic acids is 1. The van der Waals surface area contributed by atoms with Gasteiger partial charge in [0, 0.05) is 51.9 Å². The molecule has 1 saturated heterocycles. The van der Waals surface area contributed by atoms with E-state index in [1.54, 1.807) is 6.20 Å². The Hall–Kier alpha value is -2.99. The Morgan fingerprint density at radius 1 is 1.07 bits per heavy atom. The first-order chi connectivity index (χ1) is 14.1. The summed E-state index contributed by atoms with van der Waals surface area (Å²) >= 11 is 0. The lowest BCUT2D eigenvalue weighted by Crippen LogP contribution is -2.49. The number of piperazine rings is 1. The van der Waals surface area contributed by atoms with Crippen molar-refractivity contribution in [2.45, 2.75) is 19.9 Å². The molecular weight excluding hydrogens is 362 g/mol. The minimum absolute atomic E-state index is 0.199. The maximum Gasteiger partial charge on any atom is 0.224 e. The molecule has 6 nitrogen and oxygen atoms in total. The number of fused-ring (bicyclic) bond motifs is 1. The van der Waals surface area contributed by atoms with Crippen molar-refractivity contribution in [3.05, 3.63) is 60.8 Å². The van der Waals surface area contributed by atoms with E-state index in [4.69, 9.17) is 4.98 Å². The molecule has 0 aliphatic carbocycles. The van der Waals surface area contributed by atoms with E-state index in [1.165, 1.54) is 5.57 Å². The number of pyridine rings is 1. The van der Waals surface area contributed by atoms with E-state index in [-0.39, 0.29) is 5.91 Å². The highest BCUT2D eigenvalue weighted by Crippen LogP contribution is 2.23. The molecule has 29 heavy (non-hydrogen) atoms. The van der Waals surface area contributed by atoms with Gasteiger partial charge in [-0.1, -0.05) is 30.4 Å². The van der Waals surface area contributed by atoms with E-state index >= 15 is 0 Å². The zero-order valence-electron chi connectivity index (χ0n) is 16.9. The predicted molar refractivity (Wildman–Crippen MR) is 115 cm³/mol. The van der Waals surface area contributed by atoms with Gasteiger partial charge in [0.05, 0.1) is 11.0 Å². The van der Waals surface area contributed by atoms with E-state index in [9.17, 15) is 4.79 Å². The van der Waals surface area contributed by atoms with Crippen molar-refractivity contribution in [1.82, 2.24) is 24.3 Å². The Kier molecular flexibility index (Phi) is 5.71. The lowest BCUT2D eigenvalue weighted by Gasteiger charge is -2.35. The number of para-hydroxylation sites is 2. The SMILES string of the molecule is C=C(C)CN1CCN(C(=O)CCn2c(-c3ccccn3)nc3ccccc32)CC1. The van der Waals surface area contributed by atoms with Gasteiger partial charge in [-0.25, -0.2) is 4.98 Å². The van der Waals surface area contributed by atoms with Crippen molar-refractivity contribution in [2.24, 2.45) is 0 Å². The van der Waals surface area contributed by atoms with E-state index < -0.39 is 0 Å². The summed E-state index contributed by atoms with van der Waals surface area (Å²) in [6, 6.07) is 13.9. The Morgan fingerprint density at radius 2 is 1.83 bits per heavy atom. The molecule has 1 fully saturated rings. The zero-order chi connectivity index (χ0) is 20.2. The summed E-state index contributed by atoms with van der Waals surface area (Å²) in [6.07, 6.45) is 2.23. The number of aryl methyl sites for hydroxylation is 1. The number of aromatic nitrogens is 3. The Morgan fingerprint density at radius 3 is 2.55 bits per heavy atom. The fourth-order valence-electron chi connectivity index (χ4n) is 3.90. The molecule has 0 spiro atoms.